The van der Waals surface area contributed by atoms with Crippen LogP contribution in [0.2, 0.25) is 0 Å². The highest BCUT2D eigenvalue weighted by molar-refractivity contribution is 6.11. The summed E-state index contributed by atoms with van der Waals surface area (Å²) in [4.78, 5) is 35.4. The fraction of sp³-hybridized carbons (Fsp3) is 0.519. The zero-order valence-electron chi connectivity index (χ0n) is 20.7. The molecule has 0 bridgehead atoms. The molecule has 2 aromatic rings. The van der Waals surface area contributed by atoms with Crippen LogP contribution in [0.4, 0.5) is 17.2 Å². The van der Waals surface area contributed by atoms with Crippen LogP contribution in [0.5, 0.6) is 5.75 Å². The Morgan fingerprint density at radius 3 is 2.69 bits per heavy atom. The number of carbonyl (C=O) groups excluding carboxylic acids is 2. The highest BCUT2D eigenvalue weighted by Gasteiger charge is 2.52. The molecule has 1 saturated carbocycles. The van der Waals surface area contributed by atoms with E-state index in [2.05, 4.69) is 32.5 Å². The highest BCUT2D eigenvalue weighted by atomic mass is 16.5. The van der Waals surface area contributed by atoms with Crippen LogP contribution in [-0.4, -0.2) is 74.2 Å². The molecule has 2 amide bonds. The van der Waals surface area contributed by atoms with E-state index >= 15 is 0 Å². The van der Waals surface area contributed by atoms with Crippen LogP contribution < -0.4 is 20.3 Å². The summed E-state index contributed by atoms with van der Waals surface area (Å²) in [7, 11) is 2.12. The Bertz CT molecular complexity index is 1170. The first-order valence-corrected chi connectivity index (χ1v) is 13.0. The SMILES string of the molecule is CN1CCC(Oc2cc(NC(=O)c3cccnc3N3CCOCC3)cc3c2NC(=O)C32CCC2)CC1. The number of hydrogen-bond donors (Lipinski definition) is 2. The quantitative estimate of drug-likeness (QED) is 0.664. The van der Waals surface area contributed by atoms with Crippen LogP contribution in [-0.2, 0) is 14.9 Å². The van der Waals surface area contributed by atoms with Gasteiger partial charge in [0.05, 0.1) is 29.9 Å². The van der Waals surface area contributed by atoms with Gasteiger partial charge in [-0.1, -0.05) is 6.42 Å². The van der Waals surface area contributed by atoms with Gasteiger partial charge in [0.25, 0.3) is 5.91 Å². The normalized spacial score (nSPS) is 21.6. The van der Waals surface area contributed by atoms with Gasteiger partial charge in [-0.2, -0.15) is 0 Å². The van der Waals surface area contributed by atoms with Crippen molar-refractivity contribution in [3.8, 4) is 5.75 Å². The van der Waals surface area contributed by atoms with E-state index in [0.717, 1.165) is 56.4 Å². The number of anilines is 3. The molecule has 9 heteroatoms. The van der Waals surface area contributed by atoms with Crippen LogP contribution in [0.15, 0.2) is 30.5 Å². The Morgan fingerprint density at radius 1 is 1.19 bits per heavy atom. The van der Waals surface area contributed by atoms with Crippen molar-refractivity contribution in [3.63, 3.8) is 0 Å². The molecule has 1 aromatic carbocycles. The molecule has 1 aliphatic carbocycles. The summed E-state index contributed by atoms with van der Waals surface area (Å²) in [6.45, 7) is 4.57. The Morgan fingerprint density at radius 2 is 1.97 bits per heavy atom. The average Bonchev–Trinajstić information content (AvgIpc) is 3.18. The second kappa shape index (κ2) is 9.37. The van der Waals surface area contributed by atoms with Gasteiger partial charge in [0, 0.05) is 44.1 Å². The molecule has 4 aliphatic rings. The Hall–Kier alpha value is -3.17. The van der Waals surface area contributed by atoms with Crippen molar-refractivity contribution >= 4 is 29.0 Å². The third-order valence-electron chi connectivity index (χ3n) is 8.06. The molecule has 0 atom stereocenters. The second-order valence-corrected chi connectivity index (χ2v) is 10.3. The topological polar surface area (TPSA) is 96.0 Å². The molecule has 2 N–H and O–H groups in total. The molecule has 4 heterocycles. The van der Waals surface area contributed by atoms with Crippen molar-refractivity contribution < 1.29 is 19.1 Å². The lowest BCUT2D eigenvalue weighted by Crippen LogP contribution is -2.40. The zero-order chi connectivity index (χ0) is 24.7. The summed E-state index contributed by atoms with van der Waals surface area (Å²) < 4.78 is 11.9. The largest absolute Gasteiger partial charge is 0.488 e. The van der Waals surface area contributed by atoms with Crippen molar-refractivity contribution in [2.45, 2.75) is 43.6 Å². The van der Waals surface area contributed by atoms with Gasteiger partial charge in [-0.3, -0.25) is 9.59 Å². The Kier molecular flexibility index (Phi) is 6.05. The Labute approximate surface area is 211 Å². The minimum atomic E-state index is -0.506. The molecule has 190 valence electrons. The average molecular weight is 492 g/mol. The lowest BCUT2D eigenvalue weighted by atomic mass is 9.65. The van der Waals surface area contributed by atoms with Gasteiger partial charge in [0.15, 0.2) is 0 Å². The zero-order valence-corrected chi connectivity index (χ0v) is 20.7. The van der Waals surface area contributed by atoms with Crippen molar-refractivity contribution in [2.24, 2.45) is 0 Å². The minimum absolute atomic E-state index is 0.0438. The monoisotopic (exact) mass is 491 g/mol. The first-order valence-electron chi connectivity index (χ1n) is 13.0. The van der Waals surface area contributed by atoms with Gasteiger partial charge in [-0.15, -0.1) is 0 Å². The molecule has 6 rings (SSSR count). The van der Waals surface area contributed by atoms with E-state index in [9.17, 15) is 9.59 Å². The first-order chi connectivity index (χ1) is 17.5. The number of likely N-dealkylation sites (tertiary alicyclic amines) is 1. The van der Waals surface area contributed by atoms with Crippen LogP contribution in [0, 0.1) is 0 Å². The molecule has 0 unspecified atom stereocenters. The maximum absolute atomic E-state index is 13.5. The van der Waals surface area contributed by atoms with Crippen LogP contribution in [0.3, 0.4) is 0 Å². The maximum atomic E-state index is 13.5. The van der Waals surface area contributed by atoms with E-state index < -0.39 is 5.41 Å². The highest BCUT2D eigenvalue weighted by Crippen LogP contribution is 2.54. The van der Waals surface area contributed by atoms with E-state index in [1.165, 1.54) is 0 Å². The van der Waals surface area contributed by atoms with E-state index in [1.807, 2.05) is 12.1 Å². The number of fused-ring (bicyclic) bond motifs is 2. The number of pyridine rings is 1. The molecular formula is C27H33N5O4. The number of morpholine rings is 1. The lowest BCUT2D eigenvalue weighted by Gasteiger charge is -2.36. The number of ether oxygens (including phenoxy) is 2. The van der Waals surface area contributed by atoms with E-state index in [-0.39, 0.29) is 17.9 Å². The number of aromatic nitrogens is 1. The van der Waals surface area contributed by atoms with Crippen molar-refractivity contribution in [1.29, 1.82) is 0 Å². The molecule has 3 fully saturated rings. The summed E-state index contributed by atoms with van der Waals surface area (Å²) in [6.07, 6.45) is 6.31. The number of carbonyl (C=O) groups is 2. The number of nitrogens with one attached hydrogen (secondary N) is 2. The number of hydrogen-bond acceptors (Lipinski definition) is 7. The van der Waals surface area contributed by atoms with Crippen LogP contribution in [0.1, 0.15) is 48.0 Å². The van der Waals surface area contributed by atoms with Gasteiger partial charge in [0.2, 0.25) is 5.91 Å². The lowest BCUT2D eigenvalue weighted by molar-refractivity contribution is -0.123. The van der Waals surface area contributed by atoms with E-state index in [1.54, 1.807) is 18.3 Å². The van der Waals surface area contributed by atoms with Gasteiger partial charge in [-0.05, 0) is 56.5 Å². The fourth-order valence-corrected chi connectivity index (χ4v) is 5.75. The molecule has 2 saturated heterocycles. The van der Waals surface area contributed by atoms with Gasteiger partial charge >= 0.3 is 0 Å². The third-order valence-corrected chi connectivity index (χ3v) is 8.06. The van der Waals surface area contributed by atoms with Crippen molar-refractivity contribution in [1.82, 2.24) is 9.88 Å². The molecule has 1 spiro atoms. The van der Waals surface area contributed by atoms with Crippen molar-refractivity contribution in [3.05, 3.63) is 41.6 Å². The summed E-state index contributed by atoms with van der Waals surface area (Å²) in [5.74, 6) is 1.13. The second-order valence-electron chi connectivity index (χ2n) is 10.3. The van der Waals surface area contributed by atoms with E-state index in [0.29, 0.717) is 49.1 Å². The summed E-state index contributed by atoms with van der Waals surface area (Å²) in [5, 5.41) is 6.19. The number of amides is 2. The summed E-state index contributed by atoms with van der Waals surface area (Å²) in [6, 6.07) is 7.39. The number of benzene rings is 1. The van der Waals surface area contributed by atoms with Gasteiger partial charge in [-0.25, -0.2) is 4.98 Å². The molecule has 3 aliphatic heterocycles. The third kappa shape index (κ3) is 4.10. The molecule has 9 nitrogen and oxygen atoms in total. The van der Waals surface area contributed by atoms with Crippen LogP contribution >= 0.6 is 0 Å². The maximum Gasteiger partial charge on any atom is 0.259 e. The van der Waals surface area contributed by atoms with Crippen LogP contribution in [0.25, 0.3) is 0 Å². The standard InChI is InChI=1S/C27H33N5O4/c1-31-10-5-19(6-11-31)36-22-17-18(16-21-23(22)30-26(34)27(21)7-3-8-27)29-25(33)20-4-2-9-28-24(20)32-12-14-35-15-13-32/h2,4,9,16-17,19H,3,5-8,10-15H2,1H3,(H,29,33)(H,30,34). The predicted octanol–water partition coefficient (Wildman–Crippen LogP) is 3.02. The number of rotatable bonds is 5. The summed E-state index contributed by atoms with van der Waals surface area (Å²) >= 11 is 0. The van der Waals surface area contributed by atoms with Gasteiger partial charge < -0.3 is 29.9 Å². The first kappa shape index (κ1) is 23.2. The smallest absolute Gasteiger partial charge is 0.259 e. The molecule has 0 radical (unpaired) electrons. The number of piperidine rings is 1. The summed E-state index contributed by atoms with van der Waals surface area (Å²) in [5.41, 5.74) is 2.37. The van der Waals surface area contributed by atoms with Crippen molar-refractivity contribution in [2.75, 3.05) is 62.0 Å². The van der Waals surface area contributed by atoms with Gasteiger partial charge in [0.1, 0.15) is 17.7 Å². The Balaban J connectivity index is 1.31. The number of nitrogens with zero attached hydrogens (tertiary/aromatic N) is 3. The minimum Gasteiger partial charge on any atom is -0.488 e. The molecule has 36 heavy (non-hydrogen) atoms. The molecular weight excluding hydrogens is 458 g/mol. The fourth-order valence-electron chi connectivity index (χ4n) is 5.75. The predicted molar refractivity (Wildman–Crippen MR) is 137 cm³/mol. The molecule has 1 aromatic heterocycles. The van der Waals surface area contributed by atoms with E-state index in [4.69, 9.17) is 9.47 Å².